The zero-order chi connectivity index (χ0) is 21.0. The minimum atomic E-state index is -0.136. The van der Waals surface area contributed by atoms with Crippen LogP contribution in [-0.4, -0.2) is 29.9 Å². The molecular formula is C24H28ClN3O. The van der Waals surface area contributed by atoms with Gasteiger partial charge in [-0.15, -0.1) is 0 Å². The number of benzene rings is 2. The molecule has 0 fully saturated rings. The molecule has 0 saturated carbocycles. The number of amides is 1. The summed E-state index contributed by atoms with van der Waals surface area (Å²) in [6.45, 7) is 10.3. The average Bonchev–Trinajstić information content (AvgIpc) is 2.97. The molecule has 0 bridgehead atoms. The van der Waals surface area contributed by atoms with Crippen LogP contribution in [0.4, 0.5) is 5.69 Å². The molecule has 0 N–H and O–H groups in total. The fourth-order valence-electron chi connectivity index (χ4n) is 3.39. The van der Waals surface area contributed by atoms with Crippen LogP contribution in [0.15, 0.2) is 65.3 Å². The number of carbonyl (C=O) groups is 1. The number of nitrogens with zero attached hydrogens (tertiary/aromatic N) is 3. The highest BCUT2D eigenvalue weighted by Gasteiger charge is 2.35. The molecule has 4 nitrogen and oxygen atoms in total. The number of halogens is 1. The second kappa shape index (κ2) is 9.27. The summed E-state index contributed by atoms with van der Waals surface area (Å²) in [7, 11) is 0. The molecule has 0 radical (unpaired) electrons. The number of rotatable bonds is 6. The van der Waals surface area contributed by atoms with E-state index in [4.69, 9.17) is 16.6 Å². The Balaban J connectivity index is 2.08. The van der Waals surface area contributed by atoms with Crippen molar-refractivity contribution >= 4 is 35.2 Å². The third kappa shape index (κ3) is 5.27. The van der Waals surface area contributed by atoms with Crippen molar-refractivity contribution in [1.29, 1.82) is 0 Å². The standard InChI is InChI=1S/C24H28ClN3O/c1-17(2)15-27(16-18(3)4)24-26-22(13-19-9-6-5-7-10-19)23(29)28(24)21-12-8-11-20(25)14-21/h5-14,17-18H,15-16H2,1-4H3/b22-13+. The zero-order valence-corrected chi connectivity index (χ0v) is 18.2. The van der Waals surface area contributed by atoms with Crippen molar-refractivity contribution in [1.82, 2.24) is 4.90 Å². The fourth-order valence-corrected chi connectivity index (χ4v) is 3.58. The summed E-state index contributed by atoms with van der Waals surface area (Å²) in [5.41, 5.74) is 2.12. The predicted molar refractivity (Wildman–Crippen MR) is 122 cm³/mol. The maximum atomic E-state index is 13.4. The van der Waals surface area contributed by atoms with Gasteiger partial charge in [0.1, 0.15) is 5.70 Å². The molecule has 3 rings (SSSR count). The van der Waals surface area contributed by atoms with E-state index in [0.717, 1.165) is 24.3 Å². The maximum Gasteiger partial charge on any atom is 0.283 e. The van der Waals surface area contributed by atoms with E-state index in [1.54, 1.807) is 4.90 Å². The van der Waals surface area contributed by atoms with Gasteiger partial charge in [0.15, 0.2) is 0 Å². The molecule has 5 heteroatoms. The summed E-state index contributed by atoms with van der Waals surface area (Å²) in [5, 5.41) is 0.592. The lowest BCUT2D eigenvalue weighted by Gasteiger charge is -2.32. The van der Waals surface area contributed by atoms with Crippen LogP contribution in [0, 0.1) is 11.8 Å². The summed E-state index contributed by atoms with van der Waals surface area (Å²) in [5.74, 6) is 1.41. The Kier molecular flexibility index (Phi) is 6.75. The molecule has 0 atom stereocenters. The van der Waals surface area contributed by atoms with Gasteiger partial charge in [-0.3, -0.25) is 4.79 Å². The first-order chi connectivity index (χ1) is 13.8. The van der Waals surface area contributed by atoms with Crippen LogP contribution in [-0.2, 0) is 4.79 Å². The molecule has 152 valence electrons. The third-order valence-corrected chi connectivity index (χ3v) is 4.70. The molecule has 1 aliphatic heterocycles. The Morgan fingerprint density at radius 2 is 1.66 bits per heavy atom. The molecule has 1 heterocycles. The van der Waals surface area contributed by atoms with Gasteiger partial charge in [0.25, 0.3) is 5.91 Å². The smallest absolute Gasteiger partial charge is 0.283 e. The fraction of sp³-hybridized carbons (Fsp3) is 0.333. The molecule has 2 aromatic carbocycles. The van der Waals surface area contributed by atoms with E-state index in [-0.39, 0.29) is 5.91 Å². The summed E-state index contributed by atoms with van der Waals surface area (Å²) in [6, 6.07) is 17.2. The first-order valence-electron chi connectivity index (χ1n) is 10.1. The minimum absolute atomic E-state index is 0.136. The Bertz CT molecular complexity index is 909. The van der Waals surface area contributed by atoms with E-state index in [2.05, 4.69) is 32.6 Å². The van der Waals surface area contributed by atoms with Crippen molar-refractivity contribution in [3.63, 3.8) is 0 Å². The van der Waals surface area contributed by atoms with Crippen molar-refractivity contribution in [3.05, 3.63) is 70.9 Å². The van der Waals surface area contributed by atoms with Crippen LogP contribution in [0.25, 0.3) is 6.08 Å². The Morgan fingerprint density at radius 3 is 2.24 bits per heavy atom. The molecule has 1 aliphatic rings. The number of hydrogen-bond acceptors (Lipinski definition) is 3. The maximum absolute atomic E-state index is 13.4. The van der Waals surface area contributed by atoms with Gasteiger partial charge in [-0.05, 0) is 41.7 Å². The van der Waals surface area contributed by atoms with Crippen molar-refractivity contribution < 1.29 is 4.79 Å². The van der Waals surface area contributed by atoms with Crippen LogP contribution in [0.5, 0.6) is 0 Å². The second-order valence-electron chi connectivity index (χ2n) is 8.17. The molecule has 0 aliphatic carbocycles. The number of carbonyl (C=O) groups excluding carboxylic acids is 1. The quantitative estimate of drug-likeness (QED) is 0.574. The van der Waals surface area contributed by atoms with E-state index in [1.807, 2.05) is 60.7 Å². The topological polar surface area (TPSA) is 35.9 Å². The van der Waals surface area contributed by atoms with Gasteiger partial charge < -0.3 is 4.90 Å². The lowest BCUT2D eigenvalue weighted by molar-refractivity contribution is -0.113. The van der Waals surface area contributed by atoms with Crippen molar-refractivity contribution in [2.75, 3.05) is 18.0 Å². The van der Waals surface area contributed by atoms with Crippen molar-refractivity contribution in [2.24, 2.45) is 16.8 Å². The molecule has 29 heavy (non-hydrogen) atoms. The zero-order valence-electron chi connectivity index (χ0n) is 17.5. The SMILES string of the molecule is CC(C)CN(CC(C)C)C1=N/C(=C/c2ccccc2)C(=O)N1c1cccc(Cl)c1. The second-order valence-corrected chi connectivity index (χ2v) is 8.60. The average molecular weight is 410 g/mol. The largest absolute Gasteiger partial charge is 0.341 e. The summed E-state index contributed by atoms with van der Waals surface area (Å²) in [6.07, 6.45) is 1.84. The van der Waals surface area contributed by atoms with E-state index >= 15 is 0 Å². The van der Waals surface area contributed by atoms with Crippen molar-refractivity contribution in [3.8, 4) is 0 Å². The highest BCUT2D eigenvalue weighted by Crippen LogP contribution is 2.29. The van der Waals surface area contributed by atoms with Gasteiger partial charge in [0.2, 0.25) is 5.96 Å². The van der Waals surface area contributed by atoms with Gasteiger partial charge in [-0.25, -0.2) is 9.89 Å². The monoisotopic (exact) mass is 409 g/mol. The first kappa shape index (κ1) is 21.1. The molecule has 0 saturated heterocycles. The highest BCUT2D eigenvalue weighted by atomic mass is 35.5. The Labute approximate surface area is 178 Å². The molecule has 0 aromatic heterocycles. The normalized spacial score (nSPS) is 15.6. The number of guanidine groups is 1. The van der Waals surface area contributed by atoms with Crippen LogP contribution in [0.3, 0.4) is 0 Å². The number of aliphatic imine (C=N–C) groups is 1. The van der Waals surface area contributed by atoms with Gasteiger partial charge >= 0.3 is 0 Å². The summed E-state index contributed by atoms with van der Waals surface area (Å²) in [4.78, 5) is 22.1. The van der Waals surface area contributed by atoms with Gasteiger partial charge in [0.05, 0.1) is 5.69 Å². The Morgan fingerprint density at radius 1 is 1.00 bits per heavy atom. The van der Waals surface area contributed by atoms with E-state index in [9.17, 15) is 4.79 Å². The lowest BCUT2D eigenvalue weighted by atomic mass is 10.1. The molecular weight excluding hydrogens is 382 g/mol. The number of hydrogen-bond donors (Lipinski definition) is 0. The van der Waals surface area contributed by atoms with Crippen LogP contribution in [0.1, 0.15) is 33.3 Å². The summed E-state index contributed by atoms with van der Waals surface area (Å²) < 4.78 is 0. The predicted octanol–water partition coefficient (Wildman–Crippen LogP) is 5.70. The van der Waals surface area contributed by atoms with Crippen molar-refractivity contribution in [2.45, 2.75) is 27.7 Å². The van der Waals surface area contributed by atoms with E-state index < -0.39 is 0 Å². The van der Waals surface area contributed by atoms with E-state index in [0.29, 0.717) is 28.5 Å². The van der Waals surface area contributed by atoms with Gasteiger partial charge in [0, 0.05) is 18.1 Å². The summed E-state index contributed by atoms with van der Waals surface area (Å²) >= 11 is 6.23. The molecule has 1 amide bonds. The molecule has 0 spiro atoms. The third-order valence-electron chi connectivity index (χ3n) is 4.47. The Hall–Kier alpha value is -2.59. The lowest BCUT2D eigenvalue weighted by Crippen LogP contribution is -2.47. The molecule has 0 unspecified atom stereocenters. The highest BCUT2D eigenvalue weighted by molar-refractivity contribution is 6.32. The van der Waals surface area contributed by atoms with Crippen LogP contribution in [0.2, 0.25) is 5.02 Å². The molecule has 2 aromatic rings. The van der Waals surface area contributed by atoms with Gasteiger partial charge in [-0.2, -0.15) is 0 Å². The first-order valence-corrected chi connectivity index (χ1v) is 10.4. The number of anilines is 1. The minimum Gasteiger partial charge on any atom is -0.341 e. The van der Waals surface area contributed by atoms with Crippen LogP contribution >= 0.6 is 11.6 Å². The van der Waals surface area contributed by atoms with Gasteiger partial charge in [-0.1, -0.05) is 75.7 Å². The van der Waals surface area contributed by atoms with E-state index in [1.165, 1.54) is 0 Å². The van der Waals surface area contributed by atoms with Crippen LogP contribution < -0.4 is 4.90 Å².